The highest BCUT2D eigenvalue weighted by Crippen LogP contribution is 1.83. The van der Waals surface area contributed by atoms with Gasteiger partial charge in [0, 0.05) is 0 Å². The third-order valence-corrected chi connectivity index (χ3v) is 0.772. The summed E-state index contributed by atoms with van der Waals surface area (Å²) in [6.45, 7) is 0. The van der Waals surface area contributed by atoms with Gasteiger partial charge in [-0.15, -0.1) is 11.6 Å². The van der Waals surface area contributed by atoms with Gasteiger partial charge in [0.2, 0.25) is 5.90 Å². The van der Waals surface area contributed by atoms with Gasteiger partial charge >= 0.3 is 0 Å². The standard InChI is InChI=1S/C4H8ClNO2/c1-7-4(3-5)6-8-2/h3H2,1-2H3. The van der Waals surface area contributed by atoms with Gasteiger partial charge in [-0.2, -0.15) is 0 Å². The zero-order chi connectivity index (χ0) is 6.41. The van der Waals surface area contributed by atoms with Crippen molar-refractivity contribution in [3.63, 3.8) is 0 Å². The first-order valence-electron chi connectivity index (χ1n) is 2.05. The normalized spacial score (nSPS) is 11.1. The molecule has 0 bridgehead atoms. The van der Waals surface area contributed by atoms with E-state index in [1.54, 1.807) is 0 Å². The van der Waals surface area contributed by atoms with Crippen LogP contribution in [0.3, 0.4) is 0 Å². The lowest BCUT2D eigenvalue weighted by molar-refractivity contribution is 0.199. The molecule has 0 aromatic carbocycles. The van der Waals surface area contributed by atoms with E-state index >= 15 is 0 Å². The Balaban J connectivity index is 3.49. The van der Waals surface area contributed by atoms with Crippen LogP contribution < -0.4 is 0 Å². The molecule has 0 atom stereocenters. The van der Waals surface area contributed by atoms with Crippen molar-refractivity contribution < 1.29 is 9.57 Å². The van der Waals surface area contributed by atoms with Crippen LogP contribution in [0.25, 0.3) is 0 Å². The first-order chi connectivity index (χ1) is 3.85. The van der Waals surface area contributed by atoms with Crippen molar-refractivity contribution in [1.29, 1.82) is 0 Å². The lowest BCUT2D eigenvalue weighted by atomic mass is 10.8. The number of nitrogens with zero attached hydrogens (tertiary/aromatic N) is 1. The quantitative estimate of drug-likeness (QED) is 0.244. The van der Waals surface area contributed by atoms with Gasteiger partial charge in [0.05, 0.1) is 7.11 Å². The minimum absolute atomic E-state index is 0.240. The fraction of sp³-hybridized carbons (Fsp3) is 0.750. The molecule has 0 aromatic heterocycles. The molecule has 4 heteroatoms. The summed E-state index contributed by atoms with van der Waals surface area (Å²) in [5.41, 5.74) is 0. The van der Waals surface area contributed by atoms with Crippen LogP contribution in [0.15, 0.2) is 5.16 Å². The minimum atomic E-state index is 0.240. The van der Waals surface area contributed by atoms with Gasteiger partial charge in [0.25, 0.3) is 0 Å². The fourth-order valence-corrected chi connectivity index (χ4v) is 0.376. The van der Waals surface area contributed by atoms with Crippen molar-refractivity contribution in [2.45, 2.75) is 0 Å². The maximum atomic E-state index is 5.31. The van der Waals surface area contributed by atoms with Gasteiger partial charge < -0.3 is 9.57 Å². The zero-order valence-electron chi connectivity index (χ0n) is 4.85. The van der Waals surface area contributed by atoms with Crippen LogP contribution >= 0.6 is 11.6 Å². The van der Waals surface area contributed by atoms with Gasteiger partial charge in [-0.1, -0.05) is 5.16 Å². The summed E-state index contributed by atoms with van der Waals surface area (Å²) >= 11 is 5.31. The number of alkyl halides is 1. The molecular weight excluding hydrogens is 130 g/mol. The van der Waals surface area contributed by atoms with Gasteiger partial charge in [-0.05, 0) is 0 Å². The molecule has 0 aromatic rings. The first-order valence-corrected chi connectivity index (χ1v) is 2.58. The third-order valence-electron chi connectivity index (χ3n) is 0.543. The van der Waals surface area contributed by atoms with Gasteiger partial charge in [0.15, 0.2) is 0 Å². The Morgan fingerprint density at radius 2 is 2.25 bits per heavy atom. The molecule has 0 aliphatic carbocycles. The molecule has 3 nitrogen and oxygen atoms in total. The number of rotatable bonds is 2. The summed E-state index contributed by atoms with van der Waals surface area (Å²) in [6, 6.07) is 0. The van der Waals surface area contributed by atoms with Crippen molar-refractivity contribution in [1.82, 2.24) is 0 Å². The molecule has 0 N–H and O–H groups in total. The predicted octanol–water partition coefficient (Wildman–Crippen LogP) is 0.832. The maximum absolute atomic E-state index is 5.31. The lowest BCUT2D eigenvalue weighted by Gasteiger charge is -1.95. The second-order valence-electron chi connectivity index (χ2n) is 1.01. The summed E-state index contributed by atoms with van der Waals surface area (Å²) in [5, 5.41) is 3.42. The molecule has 0 aliphatic rings. The van der Waals surface area contributed by atoms with Crippen molar-refractivity contribution in [2.75, 3.05) is 20.1 Å². The van der Waals surface area contributed by atoms with E-state index in [-0.39, 0.29) is 5.88 Å². The van der Waals surface area contributed by atoms with E-state index in [4.69, 9.17) is 11.6 Å². The van der Waals surface area contributed by atoms with Gasteiger partial charge in [-0.3, -0.25) is 0 Å². The largest absolute Gasteiger partial charge is 0.481 e. The smallest absolute Gasteiger partial charge is 0.240 e. The first kappa shape index (κ1) is 7.56. The Morgan fingerprint density at radius 3 is 2.38 bits per heavy atom. The molecule has 0 saturated carbocycles. The van der Waals surface area contributed by atoms with Crippen molar-refractivity contribution in [2.24, 2.45) is 5.16 Å². The van der Waals surface area contributed by atoms with E-state index in [1.807, 2.05) is 0 Å². The summed E-state index contributed by atoms with van der Waals surface area (Å²) in [4.78, 5) is 4.36. The van der Waals surface area contributed by atoms with E-state index in [2.05, 4.69) is 14.7 Å². The molecule has 0 radical (unpaired) electrons. The Kier molecular flexibility index (Phi) is 4.45. The number of hydrogen-bond acceptors (Lipinski definition) is 3. The average Bonchev–Trinajstić information content (AvgIpc) is 1.83. The van der Waals surface area contributed by atoms with E-state index in [0.717, 1.165) is 0 Å². The highest BCUT2D eigenvalue weighted by Gasteiger charge is 1.91. The highest BCUT2D eigenvalue weighted by atomic mass is 35.5. The SMILES string of the molecule is CON=C(CCl)OC. The lowest BCUT2D eigenvalue weighted by Crippen LogP contribution is -2.02. The number of ether oxygens (including phenoxy) is 1. The van der Waals surface area contributed by atoms with Crippen LogP contribution in [-0.2, 0) is 9.57 Å². The monoisotopic (exact) mass is 137 g/mol. The zero-order valence-corrected chi connectivity index (χ0v) is 5.60. The van der Waals surface area contributed by atoms with Crippen molar-refractivity contribution >= 4 is 17.5 Å². The van der Waals surface area contributed by atoms with E-state index in [0.29, 0.717) is 5.90 Å². The highest BCUT2D eigenvalue weighted by molar-refractivity contribution is 6.27. The van der Waals surface area contributed by atoms with E-state index in [1.165, 1.54) is 14.2 Å². The third kappa shape index (κ3) is 2.69. The predicted molar refractivity (Wildman–Crippen MR) is 32.2 cm³/mol. The van der Waals surface area contributed by atoms with E-state index < -0.39 is 0 Å². The molecule has 0 rings (SSSR count). The molecule has 8 heavy (non-hydrogen) atoms. The van der Waals surface area contributed by atoms with Crippen molar-refractivity contribution in [3.05, 3.63) is 0 Å². The second-order valence-corrected chi connectivity index (χ2v) is 1.27. The van der Waals surface area contributed by atoms with Crippen LogP contribution in [0.4, 0.5) is 0 Å². The molecule has 0 fully saturated rings. The average molecular weight is 138 g/mol. The molecule has 48 valence electrons. The molecule has 0 unspecified atom stereocenters. The van der Waals surface area contributed by atoms with Crippen LogP contribution in [0.5, 0.6) is 0 Å². The van der Waals surface area contributed by atoms with Crippen LogP contribution in [-0.4, -0.2) is 26.0 Å². The Hall–Kier alpha value is -0.440. The number of methoxy groups -OCH3 is 1. The van der Waals surface area contributed by atoms with Crippen LogP contribution in [0, 0.1) is 0 Å². The summed E-state index contributed by atoms with van der Waals surface area (Å²) < 4.78 is 4.63. The maximum Gasteiger partial charge on any atom is 0.240 e. The topological polar surface area (TPSA) is 30.8 Å². The van der Waals surface area contributed by atoms with Crippen LogP contribution in [0.1, 0.15) is 0 Å². The number of halogens is 1. The molecule has 0 saturated heterocycles. The Bertz CT molecular complexity index is 78.1. The van der Waals surface area contributed by atoms with Gasteiger partial charge in [-0.25, -0.2) is 0 Å². The fourth-order valence-electron chi connectivity index (χ4n) is 0.218. The molecule has 0 heterocycles. The van der Waals surface area contributed by atoms with Gasteiger partial charge in [0.1, 0.15) is 13.0 Å². The Labute approximate surface area is 53.2 Å². The number of hydrogen-bond donors (Lipinski definition) is 0. The summed E-state index contributed by atoms with van der Waals surface area (Å²) in [7, 11) is 2.92. The minimum Gasteiger partial charge on any atom is -0.481 e. The molecular formula is C4H8ClNO2. The summed E-state index contributed by atoms with van der Waals surface area (Å²) in [5.74, 6) is 0.624. The summed E-state index contributed by atoms with van der Waals surface area (Å²) in [6.07, 6.45) is 0. The van der Waals surface area contributed by atoms with Crippen molar-refractivity contribution in [3.8, 4) is 0 Å². The molecule has 0 aliphatic heterocycles. The number of oxime groups is 1. The van der Waals surface area contributed by atoms with Crippen LogP contribution in [0.2, 0.25) is 0 Å². The van der Waals surface area contributed by atoms with E-state index in [9.17, 15) is 0 Å². The molecule has 0 amide bonds. The molecule has 0 spiro atoms. The second kappa shape index (κ2) is 4.71. The Morgan fingerprint density at radius 1 is 1.62 bits per heavy atom.